The van der Waals surface area contributed by atoms with Crippen LogP contribution in [0, 0.1) is 11.7 Å². The van der Waals surface area contributed by atoms with Gasteiger partial charge >= 0.3 is 0 Å². The Labute approximate surface area is 121 Å². The average molecular weight is 321 g/mol. The number of benzene rings is 1. The van der Waals surface area contributed by atoms with Gasteiger partial charge in [-0.05, 0) is 25.0 Å². The maximum atomic E-state index is 13.7. The molecule has 20 heavy (non-hydrogen) atoms. The third-order valence-corrected chi connectivity index (χ3v) is 5.37. The fraction of sp³-hybridized carbons (Fsp3) is 0.417. The van der Waals surface area contributed by atoms with E-state index in [1.807, 2.05) is 0 Å². The molecule has 0 saturated heterocycles. The second-order valence-electron chi connectivity index (χ2n) is 4.72. The minimum absolute atomic E-state index is 0.203. The summed E-state index contributed by atoms with van der Waals surface area (Å²) < 4.78 is 40.4. The molecule has 1 aromatic carbocycles. The first kappa shape index (κ1) is 15.2. The highest BCUT2D eigenvalue weighted by Crippen LogP contribution is 2.29. The molecule has 1 aromatic rings. The second kappa shape index (κ2) is 5.67. The summed E-state index contributed by atoms with van der Waals surface area (Å²) in [4.78, 5) is 10.7. The van der Waals surface area contributed by atoms with Crippen molar-refractivity contribution >= 4 is 27.5 Å². The van der Waals surface area contributed by atoms with E-state index >= 15 is 0 Å². The molecule has 0 aliphatic heterocycles. The zero-order valence-electron chi connectivity index (χ0n) is 10.5. The molecule has 1 saturated carbocycles. The van der Waals surface area contributed by atoms with Gasteiger partial charge in [-0.2, -0.15) is 0 Å². The van der Waals surface area contributed by atoms with Crippen molar-refractivity contribution in [3.05, 3.63) is 29.0 Å². The maximum absolute atomic E-state index is 13.7. The molecule has 0 unspecified atom stereocenters. The first-order valence-corrected chi connectivity index (χ1v) is 7.94. The van der Waals surface area contributed by atoms with Crippen LogP contribution >= 0.6 is 11.6 Å². The lowest BCUT2D eigenvalue weighted by Gasteiger charge is -2.19. The van der Waals surface area contributed by atoms with Crippen LogP contribution in [-0.2, 0) is 14.8 Å². The fourth-order valence-electron chi connectivity index (χ4n) is 2.44. The molecule has 0 heterocycles. The van der Waals surface area contributed by atoms with Crippen LogP contribution in [0.25, 0.3) is 0 Å². The topological polar surface area (TPSA) is 89.3 Å². The SMILES string of the molecule is NC(=O)[C@H]1CCC[C@H]1NS(=O)(=O)c1c(F)cccc1Cl. The van der Waals surface area contributed by atoms with Crippen molar-refractivity contribution in [2.75, 3.05) is 0 Å². The number of carbonyl (C=O) groups excluding carboxylic acids is 1. The normalized spacial score (nSPS) is 22.9. The van der Waals surface area contributed by atoms with Gasteiger partial charge in [0.1, 0.15) is 10.7 Å². The molecule has 0 radical (unpaired) electrons. The number of sulfonamides is 1. The highest BCUT2D eigenvalue weighted by atomic mass is 35.5. The fourth-order valence-corrected chi connectivity index (χ4v) is 4.35. The Bertz CT molecular complexity index is 615. The molecular formula is C12H14ClFN2O3S. The number of hydrogen-bond acceptors (Lipinski definition) is 3. The first-order valence-electron chi connectivity index (χ1n) is 6.08. The summed E-state index contributed by atoms with van der Waals surface area (Å²) in [6.45, 7) is 0. The molecule has 8 heteroatoms. The van der Waals surface area contributed by atoms with Gasteiger partial charge in [0.15, 0.2) is 0 Å². The third kappa shape index (κ3) is 2.94. The molecule has 1 amide bonds. The maximum Gasteiger partial charge on any atom is 0.245 e. The monoisotopic (exact) mass is 320 g/mol. The van der Waals surface area contributed by atoms with Crippen LogP contribution < -0.4 is 10.5 Å². The Morgan fingerprint density at radius 3 is 2.70 bits per heavy atom. The summed E-state index contributed by atoms with van der Waals surface area (Å²) in [5.74, 6) is -2.07. The van der Waals surface area contributed by atoms with Crippen LogP contribution in [0.5, 0.6) is 0 Å². The van der Waals surface area contributed by atoms with Gasteiger partial charge in [-0.15, -0.1) is 0 Å². The predicted octanol–water partition coefficient (Wildman–Crippen LogP) is 1.41. The summed E-state index contributed by atoms with van der Waals surface area (Å²) in [5, 5.41) is -0.203. The van der Waals surface area contributed by atoms with Crippen LogP contribution in [0.4, 0.5) is 4.39 Å². The Morgan fingerprint density at radius 1 is 1.40 bits per heavy atom. The largest absolute Gasteiger partial charge is 0.369 e. The van der Waals surface area contributed by atoms with E-state index in [1.165, 1.54) is 12.1 Å². The van der Waals surface area contributed by atoms with Crippen LogP contribution in [0.3, 0.4) is 0 Å². The lowest BCUT2D eigenvalue weighted by molar-refractivity contribution is -0.122. The molecule has 2 rings (SSSR count). The average Bonchev–Trinajstić information content (AvgIpc) is 2.75. The Balaban J connectivity index is 2.30. The first-order chi connectivity index (χ1) is 9.33. The summed E-state index contributed by atoms with van der Waals surface area (Å²) in [7, 11) is -4.14. The third-order valence-electron chi connectivity index (χ3n) is 3.38. The molecule has 0 bridgehead atoms. The molecule has 0 aromatic heterocycles. The van der Waals surface area contributed by atoms with Gasteiger partial charge < -0.3 is 5.73 Å². The van der Waals surface area contributed by atoms with Gasteiger partial charge in [-0.3, -0.25) is 4.79 Å². The standard InChI is InChI=1S/C12H14ClFN2O3S/c13-8-4-2-5-9(14)11(8)20(18,19)16-10-6-1-3-7(10)12(15)17/h2,4-5,7,10,16H,1,3,6H2,(H2,15,17)/t7-,10+/m0/s1. The Morgan fingerprint density at radius 2 is 2.10 bits per heavy atom. The van der Waals surface area contributed by atoms with Crippen molar-refractivity contribution < 1.29 is 17.6 Å². The minimum Gasteiger partial charge on any atom is -0.369 e. The van der Waals surface area contributed by atoms with Gasteiger partial charge in [0.05, 0.1) is 10.9 Å². The van der Waals surface area contributed by atoms with Crippen molar-refractivity contribution in [3.8, 4) is 0 Å². The van der Waals surface area contributed by atoms with Crippen molar-refractivity contribution in [2.45, 2.75) is 30.2 Å². The number of hydrogen-bond donors (Lipinski definition) is 2. The zero-order chi connectivity index (χ0) is 14.9. The van der Waals surface area contributed by atoms with Crippen LogP contribution in [0.15, 0.2) is 23.1 Å². The number of nitrogens with one attached hydrogen (secondary N) is 1. The van der Waals surface area contributed by atoms with Crippen molar-refractivity contribution in [2.24, 2.45) is 11.7 Å². The number of rotatable bonds is 4. The summed E-state index contributed by atoms with van der Waals surface area (Å²) >= 11 is 5.75. The molecule has 1 aliphatic rings. The summed E-state index contributed by atoms with van der Waals surface area (Å²) in [6.07, 6.45) is 1.69. The molecule has 110 valence electrons. The smallest absolute Gasteiger partial charge is 0.245 e. The van der Waals surface area contributed by atoms with Gasteiger partial charge in [-0.25, -0.2) is 17.5 Å². The van der Waals surface area contributed by atoms with Crippen molar-refractivity contribution in [1.29, 1.82) is 0 Å². The van der Waals surface area contributed by atoms with Crippen LogP contribution in [-0.4, -0.2) is 20.4 Å². The molecule has 3 N–H and O–H groups in total. The predicted molar refractivity (Wildman–Crippen MR) is 72.1 cm³/mol. The molecule has 1 aliphatic carbocycles. The summed E-state index contributed by atoms with van der Waals surface area (Å²) in [5.41, 5.74) is 5.23. The van der Waals surface area contributed by atoms with Crippen molar-refractivity contribution in [1.82, 2.24) is 4.72 Å². The van der Waals surface area contributed by atoms with Crippen molar-refractivity contribution in [3.63, 3.8) is 0 Å². The van der Waals surface area contributed by atoms with Crippen LogP contribution in [0.1, 0.15) is 19.3 Å². The van der Waals surface area contributed by atoms with Gasteiger partial charge in [-0.1, -0.05) is 24.1 Å². The zero-order valence-corrected chi connectivity index (χ0v) is 12.0. The lowest BCUT2D eigenvalue weighted by atomic mass is 10.0. The molecule has 1 fully saturated rings. The molecular weight excluding hydrogens is 307 g/mol. The van der Waals surface area contributed by atoms with E-state index in [-0.39, 0.29) is 5.02 Å². The Hall–Kier alpha value is -1.18. The van der Waals surface area contributed by atoms with E-state index in [1.54, 1.807) is 0 Å². The highest BCUT2D eigenvalue weighted by Gasteiger charge is 2.36. The van der Waals surface area contributed by atoms with E-state index in [0.29, 0.717) is 19.3 Å². The lowest BCUT2D eigenvalue weighted by Crippen LogP contribution is -2.42. The number of primary amides is 1. The van der Waals surface area contributed by atoms with E-state index < -0.39 is 38.6 Å². The molecule has 5 nitrogen and oxygen atoms in total. The summed E-state index contributed by atoms with van der Waals surface area (Å²) in [6, 6.07) is 3.01. The Kier molecular flexibility index (Phi) is 4.31. The van der Waals surface area contributed by atoms with Gasteiger partial charge in [0.25, 0.3) is 0 Å². The van der Waals surface area contributed by atoms with E-state index in [0.717, 1.165) is 6.07 Å². The van der Waals surface area contributed by atoms with Gasteiger partial charge in [0, 0.05) is 6.04 Å². The van der Waals surface area contributed by atoms with E-state index in [9.17, 15) is 17.6 Å². The highest BCUT2D eigenvalue weighted by molar-refractivity contribution is 7.89. The van der Waals surface area contributed by atoms with E-state index in [2.05, 4.69) is 4.72 Å². The molecule has 0 spiro atoms. The van der Waals surface area contributed by atoms with Gasteiger partial charge in [0.2, 0.25) is 15.9 Å². The number of halogens is 2. The molecule has 2 atom stereocenters. The van der Waals surface area contributed by atoms with E-state index in [4.69, 9.17) is 17.3 Å². The second-order valence-corrected chi connectivity index (χ2v) is 6.78. The quantitative estimate of drug-likeness (QED) is 0.879. The number of amides is 1. The minimum atomic E-state index is -4.14. The van der Waals surface area contributed by atoms with Crippen LogP contribution in [0.2, 0.25) is 5.02 Å². The number of carbonyl (C=O) groups is 1. The number of nitrogens with two attached hydrogens (primary N) is 1.